The van der Waals surface area contributed by atoms with E-state index < -0.39 is 0 Å². The largest absolute Gasteiger partial charge is 0.348 e. The summed E-state index contributed by atoms with van der Waals surface area (Å²) in [6, 6.07) is 10.2. The molecule has 0 spiro atoms. The monoisotopic (exact) mass is 372 g/mol. The van der Waals surface area contributed by atoms with Crippen molar-refractivity contribution >= 4 is 22.4 Å². The lowest BCUT2D eigenvalue weighted by Crippen LogP contribution is -2.54. The number of carbonyl (C=O) groups is 1. The molecule has 3 rings (SSSR count). The Labute approximate surface area is 160 Å². The number of amides is 1. The van der Waals surface area contributed by atoms with Gasteiger partial charge in [0.1, 0.15) is 0 Å². The number of hydrogen-bond donors (Lipinski definition) is 1. The first kappa shape index (κ1) is 18.9. The molecule has 1 aromatic carbocycles. The maximum Gasteiger partial charge on any atom is 0.237 e. The number of anilines is 1. The van der Waals surface area contributed by atoms with Gasteiger partial charge in [-0.05, 0) is 18.9 Å². The lowest BCUT2D eigenvalue weighted by atomic mass is 10.0. The Hall–Kier alpha value is -1.92. The van der Waals surface area contributed by atoms with Crippen molar-refractivity contribution < 1.29 is 4.79 Å². The van der Waals surface area contributed by atoms with Gasteiger partial charge in [0.15, 0.2) is 5.13 Å². The van der Waals surface area contributed by atoms with Gasteiger partial charge in [0, 0.05) is 37.8 Å². The highest BCUT2D eigenvalue weighted by Crippen LogP contribution is 2.21. The normalized spacial score (nSPS) is 17.7. The summed E-state index contributed by atoms with van der Waals surface area (Å²) < 4.78 is 0. The molecule has 2 aromatic rings. The van der Waals surface area contributed by atoms with E-state index in [1.54, 1.807) is 11.3 Å². The highest BCUT2D eigenvalue weighted by atomic mass is 32.1. The van der Waals surface area contributed by atoms with Crippen molar-refractivity contribution in [3.05, 3.63) is 47.5 Å². The molecule has 1 aromatic heterocycles. The van der Waals surface area contributed by atoms with Crippen LogP contribution in [0.3, 0.4) is 0 Å². The topological polar surface area (TPSA) is 48.5 Å². The quantitative estimate of drug-likeness (QED) is 0.810. The zero-order valence-corrected chi connectivity index (χ0v) is 16.4. The van der Waals surface area contributed by atoms with E-state index in [-0.39, 0.29) is 18.0 Å². The van der Waals surface area contributed by atoms with E-state index >= 15 is 0 Å². The van der Waals surface area contributed by atoms with E-state index in [1.807, 2.05) is 36.7 Å². The van der Waals surface area contributed by atoms with Crippen molar-refractivity contribution in [3.8, 4) is 0 Å². The molecule has 0 unspecified atom stereocenters. The lowest BCUT2D eigenvalue weighted by Gasteiger charge is -2.37. The van der Waals surface area contributed by atoms with Crippen LogP contribution in [0, 0.1) is 0 Å². The third kappa shape index (κ3) is 4.62. The van der Waals surface area contributed by atoms with Crippen LogP contribution in [0.2, 0.25) is 0 Å². The molecule has 5 nitrogen and oxygen atoms in total. The number of carbonyl (C=O) groups excluding carboxylic acids is 1. The van der Waals surface area contributed by atoms with E-state index in [4.69, 9.17) is 0 Å². The summed E-state index contributed by atoms with van der Waals surface area (Å²) in [6.45, 7) is 7.78. The van der Waals surface area contributed by atoms with Crippen molar-refractivity contribution in [1.82, 2.24) is 15.2 Å². The van der Waals surface area contributed by atoms with Gasteiger partial charge in [0.05, 0.1) is 12.1 Å². The average molecular weight is 373 g/mol. The number of piperazine rings is 1. The second-order valence-electron chi connectivity index (χ2n) is 6.77. The second-order valence-corrected chi connectivity index (χ2v) is 7.65. The number of nitrogens with zero attached hydrogens (tertiary/aromatic N) is 3. The highest BCUT2D eigenvalue weighted by molar-refractivity contribution is 7.13. The zero-order chi connectivity index (χ0) is 18.4. The molecule has 0 bridgehead atoms. The molecule has 1 fully saturated rings. The van der Waals surface area contributed by atoms with Crippen LogP contribution < -0.4 is 10.2 Å². The standard InChI is InChI=1S/C20H28N4OS/c1-3-7-18(17-8-5-4-6-9-17)22-19(25)16(2)23-11-13-24(14-12-23)20-21-10-15-26-20/h4-6,8-10,15-16,18H,3,7,11-14H2,1-2H3,(H,22,25)/t16-,18-/m1/s1. The Morgan fingerprint density at radius 2 is 1.96 bits per heavy atom. The van der Waals surface area contributed by atoms with Gasteiger partial charge in [-0.15, -0.1) is 11.3 Å². The van der Waals surface area contributed by atoms with Gasteiger partial charge in [0.25, 0.3) is 0 Å². The Kier molecular flexibility index (Phi) is 6.63. The van der Waals surface area contributed by atoms with Crippen LogP contribution in [0.1, 0.15) is 38.3 Å². The second kappa shape index (κ2) is 9.14. The summed E-state index contributed by atoms with van der Waals surface area (Å²) in [4.78, 5) is 21.8. The minimum absolute atomic E-state index is 0.0905. The minimum atomic E-state index is -0.114. The number of thiazole rings is 1. The van der Waals surface area contributed by atoms with Crippen LogP contribution in [0.15, 0.2) is 41.9 Å². The first-order valence-corrected chi connectivity index (χ1v) is 10.3. The molecular weight excluding hydrogens is 344 g/mol. The van der Waals surface area contributed by atoms with Crippen LogP contribution >= 0.6 is 11.3 Å². The van der Waals surface area contributed by atoms with E-state index in [0.717, 1.165) is 44.2 Å². The summed E-state index contributed by atoms with van der Waals surface area (Å²) in [7, 11) is 0. The summed E-state index contributed by atoms with van der Waals surface area (Å²) in [5, 5.41) is 6.35. The number of benzene rings is 1. The van der Waals surface area contributed by atoms with Gasteiger partial charge in [0.2, 0.25) is 5.91 Å². The molecule has 0 saturated carbocycles. The Balaban J connectivity index is 1.55. The average Bonchev–Trinajstić information content (AvgIpc) is 3.22. The molecule has 1 saturated heterocycles. The lowest BCUT2D eigenvalue weighted by molar-refractivity contribution is -0.126. The molecule has 0 radical (unpaired) electrons. The van der Waals surface area contributed by atoms with Crippen LogP contribution in [-0.2, 0) is 4.79 Å². The molecule has 26 heavy (non-hydrogen) atoms. The predicted octanol–water partition coefficient (Wildman–Crippen LogP) is 3.31. The smallest absolute Gasteiger partial charge is 0.237 e. The van der Waals surface area contributed by atoms with Crippen LogP contribution in [-0.4, -0.2) is 48.0 Å². The Morgan fingerprint density at radius 1 is 1.23 bits per heavy atom. The maximum absolute atomic E-state index is 12.8. The van der Waals surface area contributed by atoms with E-state index in [1.165, 1.54) is 5.56 Å². The van der Waals surface area contributed by atoms with Crippen molar-refractivity contribution in [3.63, 3.8) is 0 Å². The SMILES string of the molecule is CCC[C@@H](NC(=O)[C@@H](C)N1CCN(c2nccs2)CC1)c1ccccc1. The number of nitrogens with one attached hydrogen (secondary N) is 1. The van der Waals surface area contributed by atoms with Crippen molar-refractivity contribution in [2.24, 2.45) is 0 Å². The van der Waals surface area contributed by atoms with E-state index in [2.05, 4.69) is 39.2 Å². The molecule has 2 heterocycles. The van der Waals surface area contributed by atoms with E-state index in [0.29, 0.717) is 0 Å². The van der Waals surface area contributed by atoms with E-state index in [9.17, 15) is 4.79 Å². The molecular formula is C20H28N4OS. The number of aromatic nitrogens is 1. The maximum atomic E-state index is 12.8. The van der Waals surface area contributed by atoms with Crippen molar-refractivity contribution in [2.45, 2.75) is 38.8 Å². The van der Waals surface area contributed by atoms with Crippen LogP contribution in [0.4, 0.5) is 5.13 Å². The Bertz CT molecular complexity index is 668. The third-order valence-electron chi connectivity index (χ3n) is 5.03. The summed E-state index contributed by atoms with van der Waals surface area (Å²) in [6.07, 6.45) is 3.85. The highest BCUT2D eigenvalue weighted by Gasteiger charge is 2.27. The molecule has 6 heteroatoms. The Morgan fingerprint density at radius 3 is 2.58 bits per heavy atom. The first-order valence-electron chi connectivity index (χ1n) is 9.43. The van der Waals surface area contributed by atoms with Crippen LogP contribution in [0.25, 0.3) is 0 Å². The fraction of sp³-hybridized carbons (Fsp3) is 0.500. The summed E-state index contributed by atoms with van der Waals surface area (Å²) >= 11 is 1.67. The molecule has 1 aliphatic rings. The van der Waals surface area contributed by atoms with Crippen LogP contribution in [0.5, 0.6) is 0 Å². The summed E-state index contributed by atoms with van der Waals surface area (Å²) in [5.41, 5.74) is 1.18. The van der Waals surface area contributed by atoms with Gasteiger partial charge < -0.3 is 10.2 Å². The number of rotatable bonds is 7. The zero-order valence-electron chi connectivity index (χ0n) is 15.6. The first-order chi connectivity index (χ1) is 12.7. The van der Waals surface area contributed by atoms with Gasteiger partial charge in [-0.25, -0.2) is 4.98 Å². The molecule has 1 aliphatic heterocycles. The molecule has 0 aliphatic carbocycles. The molecule has 1 N–H and O–H groups in total. The van der Waals surface area contributed by atoms with Crippen molar-refractivity contribution in [1.29, 1.82) is 0 Å². The predicted molar refractivity (Wildman–Crippen MR) is 108 cm³/mol. The number of hydrogen-bond acceptors (Lipinski definition) is 5. The van der Waals surface area contributed by atoms with Crippen molar-refractivity contribution in [2.75, 3.05) is 31.1 Å². The summed E-state index contributed by atoms with van der Waals surface area (Å²) in [5.74, 6) is 0.120. The molecule has 1 amide bonds. The van der Waals surface area contributed by atoms with Gasteiger partial charge in [-0.2, -0.15) is 0 Å². The van der Waals surface area contributed by atoms with Gasteiger partial charge in [-0.3, -0.25) is 9.69 Å². The fourth-order valence-electron chi connectivity index (χ4n) is 3.43. The minimum Gasteiger partial charge on any atom is -0.348 e. The third-order valence-corrected chi connectivity index (χ3v) is 5.86. The molecule has 2 atom stereocenters. The van der Waals surface area contributed by atoms with Gasteiger partial charge >= 0.3 is 0 Å². The molecule has 140 valence electrons. The fourth-order valence-corrected chi connectivity index (χ4v) is 4.12. The van der Waals surface area contributed by atoms with Gasteiger partial charge in [-0.1, -0.05) is 43.7 Å².